The predicted octanol–water partition coefficient (Wildman–Crippen LogP) is 1.92. The number of hydrogen-bond acceptors (Lipinski definition) is 1. The SMILES string of the molecule is C1CC[C](CC2CO2)C1. The van der Waals surface area contributed by atoms with Crippen LogP contribution < -0.4 is 0 Å². The fraction of sp³-hybridized carbons (Fsp3) is 0.875. The fourth-order valence-electron chi connectivity index (χ4n) is 1.59. The Kier molecular flexibility index (Phi) is 1.46. The second kappa shape index (κ2) is 2.30. The molecule has 0 aromatic carbocycles. The van der Waals surface area contributed by atoms with Crippen LogP contribution in [0.4, 0.5) is 0 Å². The van der Waals surface area contributed by atoms with Gasteiger partial charge in [-0.1, -0.05) is 12.8 Å². The zero-order valence-corrected chi connectivity index (χ0v) is 5.73. The molecule has 1 saturated carbocycles. The third-order valence-electron chi connectivity index (χ3n) is 2.23. The zero-order chi connectivity index (χ0) is 6.10. The minimum absolute atomic E-state index is 0.637. The van der Waals surface area contributed by atoms with Crippen LogP contribution in [0.15, 0.2) is 0 Å². The molecule has 0 amide bonds. The van der Waals surface area contributed by atoms with Gasteiger partial charge in [-0.3, -0.25) is 0 Å². The number of hydrogen-bond donors (Lipinski definition) is 0. The summed E-state index contributed by atoms with van der Waals surface area (Å²) in [5.41, 5.74) is 0. The summed E-state index contributed by atoms with van der Waals surface area (Å²) in [5.74, 6) is 1.76. The van der Waals surface area contributed by atoms with E-state index < -0.39 is 0 Å². The van der Waals surface area contributed by atoms with Crippen LogP contribution in [-0.4, -0.2) is 12.7 Å². The lowest BCUT2D eigenvalue weighted by Gasteiger charge is -2.02. The van der Waals surface area contributed by atoms with E-state index >= 15 is 0 Å². The summed E-state index contributed by atoms with van der Waals surface area (Å²) in [7, 11) is 0. The molecule has 1 nitrogen and oxygen atoms in total. The van der Waals surface area contributed by atoms with Gasteiger partial charge >= 0.3 is 0 Å². The van der Waals surface area contributed by atoms with Gasteiger partial charge in [-0.05, 0) is 25.2 Å². The van der Waals surface area contributed by atoms with Crippen molar-refractivity contribution in [1.82, 2.24) is 0 Å². The number of epoxide rings is 1. The van der Waals surface area contributed by atoms with Crippen LogP contribution in [0.25, 0.3) is 0 Å². The van der Waals surface area contributed by atoms with E-state index in [2.05, 4.69) is 0 Å². The van der Waals surface area contributed by atoms with E-state index in [-0.39, 0.29) is 0 Å². The molecule has 1 heteroatoms. The molecule has 1 atom stereocenters. The molecule has 0 aromatic rings. The highest BCUT2D eigenvalue weighted by Gasteiger charge is 2.28. The Balaban J connectivity index is 1.70. The molecule has 1 heterocycles. The van der Waals surface area contributed by atoms with Crippen molar-refractivity contribution in [3.05, 3.63) is 5.92 Å². The van der Waals surface area contributed by atoms with E-state index in [0.717, 1.165) is 6.61 Å². The second-order valence-electron chi connectivity index (χ2n) is 3.12. The third kappa shape index (κ3) is 1.45. The predicted molar refractivity (Wildman–Crippen MR) is 36.1 cm³/mol. The van der Waals surface area contributed by atoms with Crippen molar-refractivity contribution in [1.29, 1.82) is 0 Å². The first-order chi connectivity index (χ1) is 4.45. The van der Waals surface area contributed by atoms with E-state index in [4.69, 9.17) is 4.74 Å². The summed E-state index contributed by atoms with van der Waals surface area (Å²) >= 11 is 0. The van der Waals surface area contributed by atoms with Crippen LogP contribution in [0.1, 0.15) is 32.1 Å². The number of ether oxygens (including phenoxy) is 1. The highest BCUT2D eigenvalue weighted by molar-refractivity contribution is 4.98. The van der Waals surface area contributed by atoms with Gasteiger partial charge in [0, 0.05) is 0 Å². The molecule has 1 unspecified atom stereocenters. The molecule has 0 N–H and O–H groups in total. The lowest BCUT2D eigenvalue weighted by molar-refractivity contribution is 0.397. The van der Waals surface area contributed by atoms with Crippen LogP contribution >= 0.6 is 0 Å². The van der Waals surface area contributed by atoms with Gasteiger partial charge in [0.25, 0.3) is 0 Å². The zero-order valence-electron chi connectivity index (χ0n) is 5.73. The van der Waals surface area contributed by atoms with Crippen molar-refractivity contribution >= 4 is 0 Å². The van der Waals surface area contributed by atoms with Crippen molar-refractivity contribution in [2.24, 2.45) is 0 Å². The van der Waals surface area contributed by atoms with E-state index in [1.807, 2.05) is 0 Å². The maximum absolute atomic E-state index is 5.15. The first-order valence-corrected chi connectivity index (χ1v) is 3.90. The maximum Gasteiger partial charge on any atom is 0.0815 e. The van der Waals surface area contributed by atoms with Crippen LogP contribution in [-0.2, 0) is 4.74 Å². The van der Waals surface area contributed by atoms with Gasteiger partial charge < -0.3 is 4.74 Å². The standard InChI is InChI=1S/C8H13O/c1-2-4-7(3-1)5-8-6-9-8/h8H,1-6H2. The summed E-state index contributed by atoms with van der Waals surface area (Å²) < 4.78 is 5.15. The highest BCUT2D eigenvalue weighted by atomic mass is 16.6. The molecule has 2 fully saturated rings. The van der Waals surface area contributed by atoms with Crippen molar-refractivity contribution in [2.75, 3.05) is 6.61 Å². The molecule has 51 valence electrons. The smallest absolute Gasteiger partial charge is 0.0815 e. The molecule has 0 spiro atoms. The average Bonchev–Trinajstić information content (AvgIpc) is 2.46. The highest BCUT2D eigenvalue weighted by Crippen LogP contribution is 2.33. The van der Waals surface area contributed by atoms with Gasteiger partial charge in [0.2, 0.25) is 0 Å². The monoisotopic (exact) mass is 125 g/mol. The van der Waals surface area contributed by atoms with Gasteiger partial charge in [0.15, 0.2) is 0 Å². The Morgan fingerprint density at radius 3 is 2.56 bits per heavy atom. The maximum atomic E-state index is 5.15. The Hall–Kier alpha value is -0.0400. The van der Waals surface area contributed by atoms with Crippen molar-refractivity contribution in [2.45, 2.75) is 38.2 Å². The molecule has 1 aliphatic carbocycles. The molecule has 0 aromatic heterocycles. The Morgan fingerprint density at radius 2 is 2.00 bits per heavy atom. The molecule has 0 bridgehead atoms. The van der Waals surface area contributed by atoms with Crippen LogP contribution in [0, 0.1) is 5.92 Å². The quantitative estimate of drug-likeness (QED) is 0.514. The van der Waals surface area contributed by atoms with Crippen LogP contribution in [0.5, 0.6) is 0 Å². The van der Waals surface area contributed by atoms with Gasteiger partial charge in [0.1, 0.15) is 0 Å². The molecule has 2 rings (SSSR count). The van der Waals surface area contributed by atoms with Gasteiger partial charge in [-0.25, -0.2) is 0 Å². The first kappa shape index (κ1) is 5.72. The van der Waals surface area contributed by atoms with Gasteiger partial charge in [-0.15, -0.1) is 0 Å². The van der Waals surface area contributed by atoms with Crippen molar-refractivity contribution in [3.63, 3.8) is 0 Å². The summed E-state index contributed by atoms with van der Waals surface area (Å²) in [6.45, 7) is 1.03. The summed E-state index contributed by atoms with van der Waals surface area (Å²) in [6.07, 6.45) is 7.56. The van der Waals surface area contributed by atoms with E-state index in [0.29, 0.717) is 6.10 Å². The first-order valence-electron chi connectivity index (χ1n) is 3.90. The number of rotatable bonds is 2. The van der Waals surface area contributed by atoms with Gasteiger partial charge in [0.05, 0.1) is 12.7 Å². The molecule has 2 aliphatic rings. The Bertz CT molecular complexity index is 90.7. The molecular formula is C8H13O. The molecule has 9 heavy (non-hydrogen) atoms. The lowest BCUT2D eigenvalue weighted by Crippen LogP contribution is -1.94. The molecule has 1 radical (unpaired) electrons. The topological polar surface area (TPSA) is 12.5 Å². The fourth-order valence-corrected chi connectivity index (χ4v) is 1.59. The molecular weight excluding hydrogens is 112 g/mol. The van der Waals surface area contributed by atoms with Crippen LogP contribution in [0.3, 0.4) is 0 Å². The molecule has 1 aliphatic heterocycles. The second-order valence-corrected chi connectivity index (χ2v) is 3.12. The minimum atomic E-state index is 0.637. The Morgan fingerprint density at radius 1 is 1.33 bits per heavy atom. The largest absolute Gasteiger partial charge is 0.373 e. The summed E-state index contributed by atoms with van der Waals surface area (Å²) in [6, 6.07) is 0. The van der Waals surface area contributed by atoms with E-state index in [1.54, 1.807) is 5.92 Å². The van der Waals surface area contributed by atoms with Crippen LogP contribution in [0.2, 0.25) is 0 Å². The summed E-state index contributed by atoms with van der Waals surface area (Å²) in [5, 5.41) is 0. The van der Waals surface area contributed by atoms with E-state index in [9.17, 15) is 0 Å². The third-order valence-corrected chi connectivity index (χ3v) is 2.23. The lowest BCUT2D eigenvalue weighted by atomic mass is 10.0. The molecule has 1 saturated heterocycles. The van der Waals surface area contributed by atoms with Crippen molar-refractivity contribution in [3.8, 4) is 0 Å². The van der Waals surface area contributed by atoms with Gasteiger partial charge in [-0.2, -0.15) is 0 Å². The van der Waals surface area contributed by atoms with E-state index in [1.165, 1.54) is 32.1 Å². The Labute approximate surface area is 56.4 Å². The van der Waals surface area contributed by atoms with Crippen molar-refractivity contribution < 1.29 is 4.74 Å². The summed E-state index contributed by atoms with van der Waals surface area (Å²) in [4.78, 5) is 0. The minimum Gasteiger partial charge on any atom is -0.373 e. The normalized spacial score (nSPS) is 35.3. The average molecular weight is 125 g/mol.